The molecule has 0 spiro atoms. The Morgan fingerprint density at radius 3 is 2.72 bits per heavy atom. The molecule has 5 rings (SSSR count). The molecule has 0 aliphatic carbocycles. The smallest absolute Gasteiger partial charge is 0.255 e. The van der Waals surface area contributed by atoms with Crippen LogP contribution in [0.25, 0.3) is 11.4 Å². The molecule has 32 heavy (non-hydrogen) atoms. The number of fused-ring (bicyclic) bond motifs is 5. The first-order chi connectivity index (χ1) is 15.4. The quantitative estimate of drug-likeness (QED) is 0.483. The van der Waals surface area contributed by atoms with E-state index < -0.39 is 0 Å². The van der Waals surface area contributed by atoms with Crippen LogP contribution in [0.2, 0.25) is 10.0 Å². The highest BCUT2D eigenvalue weighted by atomic mass is 35.5. The SMILES string of the molecule is Cc1nc(-c2ccccn2)c2c(n1)[C@H]1CN(C(=O)c3cccc(Cl)c3Cl)[C@@H](CC[C@H]1C)C2. The Morgan fingerprint density at radius 2 is 1.94 bits per heavy atom. The van der Waals surface area contributed by atoms with Gasteiger partial charge in [-0.15, -0.1) is 0 Å². The molecule has 3 aromatic rings. The van der Waals surface area contributed by atoms with Gasteiger partial charge in [0.2, 0.25) is 0 Å². The van der Waals surface area contributed by atoms with E-state index in [9.17, 15) is 4.79 Å². The van der Waals surface area contributed by atoms with Crippen molar-refractivity contribution < 1.29 is 4.79 Å². The van der Waals surface area contributed by atoms with Gasteiger partial charge >= 0.3 is 0 Å². The summed E-state index contributed by atoms with van der Waals surface area (Å²) < 4.78 is 0. The third kappa shape index (κ3) is 3.67. The van der Waals surface area contributed by atoms with Crippen LogP contribution in [0.4, 0.5) is 0 Å². The molecule has 0 radical (unpaired) electrons. The lowest BCUT2D eigenvalue weighted by molar-refractivity contribution is 0.0679. The molecule has 5 nitrogen and oxygen atoms in total. The van der Waals surface area contributed by atoms with Gasteiger partial charge in [0.1, 0.15) is 5.82 Å². The first kappa shape index (κ1) is 21.4. The van der Waals surface area contributed by atoms with E-state index >= 15 is 0 Å². The van der Waals surface area contributed by atoms with Crippen molar-refractivity contribution in [2.75, 3.05) is 6.54 Å². The Morgan fingerprint density at radius 1 is 1.09 bits per heavy atom. The van der Waals surface area contributed by atoms with Crippen LogP contribution in [0, 0.1) is 12.8 Å². The van der Waals surface area contributed by atoms with Crippen molar-refractivity contribution in [3.05, 3.63) is 75.3 Å². The van der Waals surface area contributed by atoms with Crippen LogP contribution in [-0.4, -0.2) is 38.3 Å². The second-order valence-electron chi connectivity index (χ2n) is 8.78. The molecule has 0 saturated carbocycles. The van der Waals surface area contributed by atoms with Crippen molar-refractivity contribution in [3.63, 3.8) is 0 Å². The van der Waals surface area contributed by atoms with E-state index in [2.05, 4.69) is 11.9 Å². The van der Waals surface area contributed by atoms with Crippen LogP contribution < -0.4 is 0 Å². The number of carbonyl (C=O) groups is 1. The molecule has 2 aromatic heterocycles. The summed E-state index contributed by atoms with van der Waals surface area (Å²) >= 11 is 12.6. The Hall–Kier alpha value is -2.50. The number of amides is 1. The van der Waals surface area contributed by atoms with Crippen molar-refractivity contribution in [1.29, 1.82) is 0 Å². The van der Waals surface area contributed by atoms with Gasteiger partial charge in [-0.25, -0.2) is 9.97 Å². The van der Waals surface area contributed by atoms with Gasteiger partial charge in [0.15, 0.2) is 0 Å². The highest BCUT2D eigenvalue weighted by Crippen LogP contribution is 2.42. The minimum atomic E-state index is -0.0709. The number of hydrogen-bond acceptors (Lipinski definition) is 4. The van der Waals surface area contributed by atoms with Gasteiger partial charge in [-0.2, -0.15) is 0 Å². The molecule has 2 bridgehead atoms. The fourth-order valence-corrected chi connectivity index (χ4v) is 5.45. The standard InChI is InChI=1S/C25H24Cl2N4O/c1-14-9-10-16-12-18-23(29-15(2)30-24(18)21-8-3-4-11-28-21)19(14)13-31(16)25(32)17-6-5-7-20(26)22(17)27/h3-8,11,14,16,19H,9-10,12-13H2,1-2H3/t14-,16+,19+/m1/s1. The average molecular weight is 467 g/mol. The molecule has 2 aliphatic rings. The summed E-state index contributed by atoms with van der Waals surface area (Å²) in [6.45, 7) is 4.80. The van der Waals surface area contributed by atoms with E-state index in [0.717, 1.165) is 41.3 Å². The third-order valence-electron chi connectivity index (χ3n) is 6.77. The van der Waals surface area contributed by atoms with Gasteiger partial charge in [-0.1, -0.05) is 42.3 Å². The minimum Gasteiger partial charge on any atom is -0.335 e. The third-order valence-corrected chi connectivity index (χ3v) is 7.59. The lowest BCUT2D eigenvalue weighted by atomic mass is 9.82. The maximum atomic E-state index is 13.7. The minimum absolute atomic E-state index is 0.0417. The Bertz CT molecular complexity index is 1180. The van der Waals surface area contributed by atoms with Crippen LogP contribution >= 0.6 is 23.2 Å². The summed E-state index contributed by atoms with van der Waals surface area (Å²) in [5.74, 6) is 1.19. The van der Waals surface area contributed by atoms with Gasteiger partial charge in [0.25, 0.3) is 5.91 Å². The van der Waals surface area contributed by atoms with Crippen molar-refractivity contribution in [1.82, 2.24) is 19.9 Å². The van der Waals surface area contributed by atoms with Crippen LogP contribution in [0.3, 0.4) is 0 Å². The summed E-state index contributed by atoms with van der Waals surface area (Å²) in [6.07, 6.45) is 4.46. The lowest BCUT2D eigenvalue weighted by Crippen LogP contribution is -2.41. The van der Waals surface area contributed by atoms with Crippen molar-refractivity contribution in [2.24, 2.45) is 5.92 Å². The Kier molecular flexibility index (Phi) is 5.64. The molecule has 1 fully saturated rings. The topological polar surface area (TPSA) is 59.0 Å². The monoisotopic (exact) mass is 466 g/mol. The Labute approximate surface area is 197 Å². The van der Waals surface area contributed by atoms with Crippen LogP contribution in [-0.2, 0) is 6.42 Å². The van der Waals surface area contributed by atoms with Gasteiger partial charge < -0.3 is 4.90 Å². The predicted molar refractivity (Wildman–Crippen MR) is 126 cm³/mol. The second-order valence-corrected chi connectivity index (χ2v) is 9.56. The van der Waals surface area contributed by atoms with Crippen molar-refractivity contribution in [2.45, 2.75) is 45.1 Å². The maximum Gasteiger partial charge on any atom is 0.255 e. The van der Waals surface area contributed by atoms with E-state index in [-0.39, 0.29) is 17.9 Å². The summed E-state index contributed by atoms with van der Waals surface area (Å²) in [5.41, 5.74) is 4.35. The summed E-state index contributed by atoms with van der Waals surface area (Å²) in [7, 11) is 0. The Balaban J connectivity index is 1.63. The zero-order valence-corrected chi connectivity index (χ0v) is 19.6. The molecule has 0 N–H and O–H groups in total. The highest BCUT2D eigenvalue weighted by Gasteiger charge is 2.41. The molecule has 0 unspecified atom stereocenters. The molecule has 7 heteroatoms. The van der Waals surface area contributed by atoms with Crippen LogP contribution in [0.1, 0.15) is 53.1 Å². The fourth-order valence-electron chi connectivity index (χ4n) is 5.07. The molecular formula is C25H24Cl2N4O. The van der Waals surface area contributed by atoms with Crippen molar-refractivity contribution in [3.8, 4) is 11.4 Å². The molecule has 1 aromatic carbocycles. The molecule has 3 atom stereocenters. The van der Waals surface area contributed by atoms with E-state index in [1.807, 2.05) is 30.0 Å². The zero-order chi connectivity index (χ0) is 22.4. The highest BCUT2D eigenvalue weighted by molar-refractivity contribution is 6.43. The van der Waals surface area contributed by atoms with Gasteiger partial charge in [-0.05, 0) is 56.4 Å². The number of hydrogen-bond donors (Lipinski definition) is 0. The first-order valence-corrected chi connectivity index (χ1v) is 11.7. The van der Waals surface area contributed by atoms with E-state index in [1.165, 1.54) is 0 Å². The molecule has 1 amide bonds. The largest absolute Gasteiger partial charge is 0.335 e. The van der Waals surface area contributed by atoms with E-state index in [4.69, 9.17) is 33.2 Å². The number of rotatable bonds is 2. The van der Waals surface area contributed by atoms with Crippen LogP contribution in [0.5, 0.6) is 0 Å². The lowest BCUT2D eigenvalue weighted by Gasteiger charge is -2.30. The van der Waals surface area contributed by atoms with E-state index in [1.54, 1.807) is 24.4 Å². The fraction of sp³-hybridized carbons (Fsp3) is 0.360. The second kappa shape index (κ2) is 8.45. The number of pyridine rings is 1. The maximum absolute atomic E-state index is 13.7. The van der Waals surface area contributed by atoms with Gasteiger partial charge in [0, 0.05) is 30.3 Å². The molecule has 164 valence electrons. The van der Waals surface area contributed by atoms with Crippen LogP contribution in [0.15, 0.2) is 42.6 Å². The average Bonchev–Trinajstić information content (AvgIpc) is 3.06. The number of aromatic nitrogens is 3. The summed E-state index contributed by atoms with van der Waals surface area (Å²) in [6, 6.07) is 11.1. The van der Waals surface area contributed by atoms with E-state index in [0.29, 0.717) is 34.5 Å². The number of halogens is 2. The number of aryl methyl sites for hydroxylation is 1. The van der Waals surface area contributed by atoms with Crippen molar-refractivity contribution >= 4 is 29.1 Å². The molecule has 1 saturated heterocycles. The normalized spacial score (nSPS) is 22.2. The van der Waals surface area contributed by atoms with Gasteiger partial charge in [0.05, 0.1) is 32.7 Å². The number of carbonyl (C=O) groups excluding carboxylic acids is 1. The first-order valence-electron chi connectivity index (χ1n) is 11.0. The number of nitrogens with zero attached hydrogens (tertiary/aromatic N) is 4. The van der Waals surface area contributed by atoms with Gasteiger partial charge in [-0.3, -0.25) is 9.78 Å². The molecule has 4 heterocycles. The number of benzene rings is 1. The summed E-state index contributed by atoms with van der Waals surface area (Å²) in [5, 5.41) is 0.708. The molecular weight excluding hydrogens is 443 g/mol. The summed E-state index contributed by atoms with van der Waals surface area (Å²) in [4.78, 5) is 29.9. The molecule has 2 aliphatic heterocycles. The predicted octanol–water partition coefficient (Wildman–Crippen LogP) is 5.73. The zero-order valence-electron chi connectivity index (χ0n) is 18.1.